The number of methoxy groups -OCH3 is 2. The van der Waals surface area contributed by atoms with Gasteiger partial charge < -0.3 is 19.7 Å². The Morgan fingerprint density at radius 3 is 2.06 bits per heavy atom. The lowest BCUT2D eigenvalue weighted by Gasteiger charge is -2.35. The minimum Gasteiger partial charge on any atom is -0.493 e. The Bertz CT molecular complexity index is 1830. The molecule has 0 aliphatic rings. The van der Waals surface area contributed by atoms with Gasteiger partial charge in [-0.3, -0.25) is 13.9 Å². The van der Waals surface area contributed by atoms with Gasteiger partial charge in [0.25, 0.3) is 10.0 Å². The van der Waals surface area contributed by atoms with Crippen LogP contribution in [0.15, 0.2) is 102 Å². The van der Waals surface area contributed by atoms with E-state index in [2.05, 4.69) is 5.32 Å². The maximum atomic E-state index is 14.6. The van der Waals surface area contributed by atoms with Gasteiger partial charge in [-0.15, -0.1) is 0 Å². The van der Waals surface area contributed by atoms with Gasteiger partial charge in [0.15, 0.2) is 11.5 Å². The van der Waals surface area contributed by atoms with Crippen molar-refractivity contribution >= 4 is 50.7 Å². The van der Waals surface area contributed by atoms with Gasteiger partial charge in [-0.05, 0) is 74.4 Å². The highest BCUT2D eigenvalue weighted by Crippen LogP contribution is 2.33. The maximum Gasteiger partial charge on any atom is 0.264 e. The molecule has 254 valence electrons. The fourth-order valence-corrected chi connectivity index (χ4v) is 6.81. The van der Waals surface area contributed by atoms with Gasteiger partial charge in [0.1, 0.15) is 12.6 Å². The zero-order valence-electron chi connectivity index (χ0n) is 27.4. The first-order chi connectivity index (χ1) is 22.7. The van der Waals surface area contributed by atoms with Crippen LogP contribution in [0.3, 0.4) is 0 Å². The summed E-state index contributed by atoms with van der Waals surface area (Å²) in [6, 6.07) is 25.6. The van der Waals surface area contributed by atoms with Crippen molar-refractivity contribution in [1.29, 1.82) is 0 Å². The minimum atomic E-state index is -4.39. The van der Waals surface area contributed by atoms with Gasteiger partial charge in [-0.2, -0.15) is 0 Å². The van der Waals surface area contributed by atoms with E-state index in [1.54, 1.807) is 24.3 Å². The van der Waals surface area contributed by atoms with Gasteiger partial charge in [-0.1, -0.05) is 71.7 Å². The highest BCUT2D eigenvalue weighted by Gasteiger charge is 2.36. The number of amides is 2. The Hall–Kier alpha value is -4.25. The number of rotatable bonds is 13. The molecule has 0 radical (unpaired) electrons. The first-order valence-electron chi connectivity index (χ1n) is 15.1. The average Bonchev–Trinajstić information content (AvgIpc) is 3.05. The van der Waals surface area contributed by atoms with Crippen molar-refractivity contribution in [2.24, 2.45) is 0 Å². The Morgan fingerprint density at radius 2 is 1.46 bits per heavy atom. The molecule has 12 heteroatoms. The molecule has 1 unspecified atom stereocenters. The van der Waals surface area contributed by atoms with Gasteiger partial charge in [-0.25, -0.2) is 8.42 Å². The molecule has 2 amide bonds. The summed E-state index contributed by atoms with van der Waals surface area (Å²) in [7, 11) is -1.54. The molecule has 1 N–H and O–H groups in total. The molecular weight excluding hydrogens is 673 g/mol. The third kappa shape index (κ3) is 9.21. The summed E-state index contributed by atoms with van der Waals surface area (Å²) in [4.78, 5) is 29.9. The third-order valence-corrected chi connectivity index (χ3v) is 9.79. The Kier molecular flexibility index (Phi) is 12.0. The Labute approximate surface area is 292 Å². The lowest BCUT2D eigenvalue weighted by molar-refractivity contribution is -0.140. The summed E-state index contributed by atoms with van der Waals surface area (Å²) in [6.07, 6.45) is 0.169. The van der Waals surface area contributed by atoms with Crippen molar-refractivity contribution < 1.29 is 27.5 Å². The molecule has 48 heavy (non-hydrogen) atoms. The number of hydrogen-bond donors (Lipinski definition) is 1. The molecule has 0 fully saturated rings. The molecule has 0 aliphatic carbocycles. The monoisotopic (exact) mass is 711 g/mol. The summed E-state index contributed by atoms with van der Waals surface area (Å²) in [6.45, 7) is 4.85. The second-order valence-corrected chi connectivity index (χ2v) is 14.8. The molecule has 4 aromatic rings. The van der Waals surface area contributed by atoms with E-state index in [1.165, 1.54) is 61.6 Å². The van der Waals surface area contributed by atoms with Crippen LogP contribution in [0.1, 0.15) is 31.9 Å². The van der Waals surface area contributed by atoms with E-state index in [0.29, 0.717) is 21.4 Å². The molecule has 0 aliphatic heterocycles. The fraction of sp³-hybridized carbons (Fsp3) is 0.278. The van der Waals surface area contributed by atoms with Gasteiger partial charge in [0, 0.05) is 34.6 Å². The lowest BCUT2D eigenvalue weighted by Crippen LogP contribution is -2.56. The van der Waals surface area contributed by atoms with Crippen molar-refractivity contribution in [2.75, 3.05) is 25.1 Å². The highest BCUT2D eigenvalue weighted by atomic mass is 35.5. The molecule has 0 heterocycles. The predicted molar refractivity (Wildman–Crippen MR) is 189 cm³/mol. The van der Waals surface area contributed by atoms with Crippen molar-refractivity contribution in [3.63, 3.8) is 0 Å². The van der Waals surface area contributed by atoms with E-state index >= 15 is 0 Å². The zero-order valence-corrected chi connectivity index (χ0v) is 29.8. The lowest BCUT2D eigenvalue weighted by atomic mass is 10.0. The molecule has 0 saturated heterocycles. The number of carbonyl (C=O) groups is 2. The molecule has 4 aromatic carbocycles. The van der Waals surface area contributed by atoms with Crippen LogP contribution >= 0.6 is 23.2 Å². The SMILES string of the molecule is COc1ccc(S(=O)(=O)N(CC(=O)N(Cc2ccccc2Cl)C(Cc2ccccc2)C(=O)NC(C)(C)C)c2ccc(Cl)cc2)cc1OC. The Balaban J connectivity index is 1.85. The third-order valence-electron chi connectivity index (χ3n) is 7.40. The fourth-order valence-electron chi connectivity index (χ4n) is 5.06. The zero-order chi connectivity index (χ0) is 35.1. The summed E-state index contributed by atoms with van der Waals surface area (Å²) in [5, 5.41) is 3.79. The second-order valence-electron chi connectivity index (χ2n) is 12.1. The molecule has 0 spiro atoms. The summed E-state index contributed by atoms with van der Waals surface area (Å²) in [5.74, 6) is -0.486. The number of benzene rings is 4. The normalized spacial score (nSPS) is 12.1. The molecule has 9 nitrogen and oxygen atoms in total. The van der Waals surface area contributed by atoms with Crippen LogP contribution in [0.25, 0.3) is 0 Å². The van der Waals surface area contributed by atoms with Crippen LogP contribution in [0.4, 0.5) is 5.69 Å². The topological polar surface area (TPSA) is 105 Å². The number of nitrogens with one attached hydrogen (secondary N) is 1. The van der Waals surface area contributed by atoms with E-state index in [4.69, 9.17) is 32.7 Å². The number of ether oxygens (including phenoxy) is 2. The van der Waals surface area contributed by atoms with Gasteiger partial charge in [0.05, 0.1) is 24.8 Å². The van der Waals surface area contributed by atoms with Crippen LogP contribution in [-0.2, 0) is 32.6 Å². The van der Waals surface area contributed by atoms with Gasteiger partial charge in [0.2, 0.25) is 11.8 Å². The van der Waals surface area contributed by atoms with Crippen LogP contribution in [-0.4, -0.2) is 57.5 Å². The second kappa shape index (κ2) is 15.8. The number of anilines is 1. The first kappa shape index (κ1) is 36.6. The van der Waals surface area contributed by atoms with E-state index in [9.17, 15) is 18.0 Å². The average molecular weight is 713 g/mol. The highest BCUT2D eigenvalue weighted by molar-refractivity contribution is 7.92. The number of hydrogen-bond acceptors (Lipinski definition) is 6. The number of carbonyl (C=O) groups excluding carboxylic acids is 2. The number of nitrogens with zero attached hydrogens (tertiary/aromatic N) is 2. The van der Waals surface area contributed by atoms with Crippen LogP contribution < -0.4 is 19.1 Å². The van der Waals surface area contributed by atoms with Crippen molar-refractivity contribution in [2.45, 2.75) is 50.2 Å². The minimum absolute atomic E-state index is 0.0571. The smallest absolute Gasteiger partial charge is 0.264 e. The van der Waals surface area contributed by atoms with E-state index < -0.39 is 40.0 Å². The summed E-state index contributed by atoms with van der Waals surface area (Å²) >= 11 is 12.7. The number of sulfonamides is 1. The largest absolute Gasteiger partial charge is 0.493 e. The summed E-state index contributed by atoms with van der Waals surface area (Å²) < 4.78 is 40.4. The molecule has 0 saturated carbocycles. The van der Waals surface area contributed by atoms with Crippen LogP contribution in [0, 0.1) is 0 Å². The predicted octanol–water partition coefficient (Wildman–Crippen LogP) is 6.76. The van der Waals surface area contributed by atoms with Crippen molar-refractivity contribution in [3.8, 4) is 11.5 Å². The van der Waals surface area contributed by atoms with E-state index in [1.807, 2.05) is 51.1 Å². The van der Waals surface area contributed by atoms with E-state index in [0.717, 1.165) is 9.87 Å². The van der Waals surface area contributed by atoms with Crippen LogP contribution in [0.5, 0.6) is 11.5 Å². The molecule has 0 bridgehead atoms. The Morgan fingerprint density at radius 1 is 0.833 bits per heavy atom. The van der Waals surface area contributed by atoms with E-state index in [-0.39, 0.29) is 29.3 Å². The molecular formula is C36H39Cl2N3O6S. The molecule has 1 atom stereocenters. The first-order valence-corrected chi connectivity index (χ1v) is 17.3. The number of halogens is 2. The quantitative estimate of drug-likeness (QED) is 0.164. The van der Waals surface area contributed by atoms with Crippen molar-refractivity contribution in [1.82, 2.24) is 10.2 Å². The summed E-state index contributed by atoms with van der Waals surface area (Å²) in [5.41, 5.74) is 0.988. The maximum absolute atomic E-state index is 14.6. The molecule has 0 aromatic heterocycles. The van der Waals surface area contributed by atoms with Crippen molar-refractivity contribution in [3.05, 3.63) is 118 Å². The standard InChI is InChI=1S/C36H39Cl2N3O6S/c1-36(2,3)39-35(43)31(21-25-11-7-6-8-12-25)40(23-26-13-9-10-14-30(26)38)34(42)24-41(28-17-15-27(37)16-18-28)48(44,45)29-19-20-32(46-4)33(22-29)47-5/h6-20,22,31H,21,23-24H2,1-5H3,(H,39,43). The van der Waals surface area contributed by atoms with Crippen LogP contribution in [0.2, 0.25) is 10.0 Å². The van der Waals surface area contributed by atoms with Gasteiger partial charge >= 0.3 is 0 Å². The molecule has 4 rings (SSSR count).